The third-order valence-electron chi connectivity index (χ3n) is 2.37. The SMILES string of the molecule is Nc1c[nH]cc(-c2ccc(OC(F)(F)F)cc2)c1=O. The summed E-state index contributed by atoms with van der Waals surface area (Å²) >= 11 is 0. The molecule has 0 amide bonds. The minimum atomic E-state index is -4.74. The Balaban J connectivity index is 2.33. The van der Waals surface area contributed by atoms with Crippen molar-refractivity contribution in [2.75, 3.05) is 5.73 Å². The number of hydrogen-bond acceptors (Lipinski definition) is 3. The fourth-order valence-corrected chi connectivity index (χ4v) is 1.55. The summed E-state index contributed by atoms with van der Waals surface area (Å²) in [5.74, 6) is -0.350. The van der Waals surface area contributed by atoms with Gasteiger partial charge in [-0.15, -0.1) is 13.2 Å². The van der Waals surface area contributed by atoms with Crippen LogP contribution >= 0.6 is 0 Å². The molecule has 0 saturated heterocycles. The second kappa shape index (κ2) is 4.68. The van der Waals surface area contributed by atoms with Crippen LogP contribution in [0.4, 0.5) is 18.9 Å². The molecule has 2 aromatic rings. The largest absolute Gasteiger partial charge is 0.573 e. The summed E-state index contributed by atoms with van der Waals surface area (Å²) in [5, 5.41) is 0. The van der Waals surface area contributed by atoms with E-state index in [4.69, 9.17) is 5.73 Å². The average molecular weight is 270 g/mol. The van der Waals surface area contributed by atoms with Crippen LogP contribution in [0, 0.1) is 0 Å². The molecule has 2 rings (SSSR count). The molecule has 0 aliphatic heterocycles. The van der Waals surface area contributed by atoms with Crippen molar-refractivity contribution in [2.24, 2.45) is 0 Å². The lowest BCUT2D eigenvalue weighted by atomic mass is 10.1. The standard InChI is InChI=1S/C12H9F3N2O2/c13-12(14,15)19-8-3-1-7(2-4-8)9-5-17-6-10(16)11(9)18/h1-6H,16H2,(H,17,18). The monoisotopic (exact) mass is 270 g/mol. The van der Waals surface area contributed by atoms with Crippen molar-refractivity contribution in [3.63, 3.8) is 0 Å². The van der Waals surface area contributed by atoms with Crippen LogP contribution in [0.25, 0.3) is 11.1 Å². The highest BCUT2D eigenvalue weighted by Crippen LogP contribution is 2.25. The molecule has 7 heteroatoms. The summed E-state index contributed by atoms with van der Waals surface area (Å²) in [6.45, 7) is 0. The molecule has 1 aromatic carbocycles. The highest BCUT2D eigenvalue weighted by molar-refractivity contribution is 5.66. The second-order valence-electron chi connectivity index (χ2n) is 3.73. The first-order valence-electron chi connectivity index (χ1n) is 5.19. The van der Waals surface area contributed by atoms with Gasteiger partial charge in [-0.1, -0.05) is 12.1 Å². The van der Waals surface area contributed by atoms with Crippen LogP contribution < -0.4 is 15.9 Å². The van der Waals surface area contributed by atoms with Gasteiger partial charge in [-0.3, -0.25) is 4.79 Å². The molecule has 1 heterocycles. The number of benzene rings is 1. The minimum absolute atomic E-state index is 0.0353. The van der Waals surface area contributed by atoms with E-state index in [1.807, 2.05) is 0 Å². The number of hydrogen-bond donors (Lipinski definition) is 2. The molecule has 0 radical (unpaired) electrons. The zero-order valence-electron chi connectivity index (χ0n) is 9.49. The normalized spacial score (nSPS) is 11.3. The van der Waals surface area contributed by atoms with Gasteiger partial charge in [-0.2, -0.15) is 0 Å². The van der Waals surface area contributed by atoms with Gasteiger partial charge in [-0.05, 0) is 17.7 Å². The number of nitrogens with two attached hydrogens (primary N) is 1. The van der Waals surface area contributed by atoms with Crippen LogP contribution in [-0.4, -0.2) is 11.3 Å². The first-order valence-corrected chi connectivity index (χ1v) is 5.19. The van der Waals surface area contributed by atoms with Crippen LogP contribution in [0.3, 0.4) is 0 Å². The fourth-order valence-electron chi connectivity index (χ4n) is 1.55. The van der Waals surface area contributed by atoms with E-state index in [1.54, 1.807) is 0 Å². The molecular weight excluding hydrogens is 261 g/mol. The van der Waals surface area contributed by atoms with Gasteiger partial charge in [0.1, 0.15) is 5.75 Å². The van der Waals surface area contributed by atoms with Crippen molar-refractivity contribution in [2.45, 2.75) is 6.36 Å². The average Bonchev–Trinajstić information content (AvgIpc) is 2.32. The van der Waals surface area contributed by atoms with E-state index in [2.05, 4.69) is 9.72 Å². The number of aromatic nitrogens is 1. The van der Waals surface area contributed by atoms with Crippen LogP contribution in [-0.2, 0) is 0 Å². The molecule has 0 atom stereocenters. The van der Waals surface area contributed by atoms with Crippen molar-refractivity contribution >= 4 is 5.69 Å². The Morgan fingerprint density at radius 2 is 1.74 bits per heavy atom. The molecule has 3 N–H and O–H groups in total. The Bertz CT molecular complexity index is 633. The van der Waals surface area contributed by atoms with Crippen LogP contribution in [0.15, 0.2) is 41.5 Å². The van der Waals surface area contributed by atoms with E-state index in [-0.39, 0.29) is 22.4 Å². The van der Waals surface area contributed by atoms with Crippen LogP contribution in [0.5, 0.6) is 5.75 Å². The maximum atomic E-state index is 12.0. The minimum Gasteiger partial charge on any atom is -0.406 e. The van der Waals surface area contributed by atoms with Gasteiger partial charge >= 0.3 is 6.36 Å². The number of rotatable bonds is 2. The van der Waals surface area contributed by atoms with Gasteiger partial charge in [-0.25, -0.2) is 0 Å². The van der Waals surface area contributed by atoms with Crippen molar-refractivity contribution in [1.82, 2.24) is 4.98 Å². The molecule has 4 nitrogen and oxygen atoms in total. The van der Waals surface area contributed by atoms with Crippen molar-refractivity contribution in [3.05, 3.63) is 46.9 Å². The maximum Gasteiger partial charge on any atom is 0.573 e. The van der Waals surface area contributed by atoms with Gasteiger partial charge in [0.25, 0.3) is 0 Å². The maximum absolute atomic E-state index is 12.0. The zero-order valence-corrected chi connectivity index (χ0v) is 9.49. The Morgan fingerprint density at radius 1 is 1.11 bits per heavy atom. The summed E-state index contributed by atoms with van der Waals surface area (Å²) in [6, 6.07) is 4.97. The Kier molecular flexibility index (Phi) is 3.20. The zero-order chi connectivity index (χ0) is 14.0. The van der Waals surface area contributed by atoms with Gasteiger partial charge in [0.15, 0.2) is 0 Å². The lowest BCUT2D eigenvalue weighted by Gasteiger charge is -2.09. The number of alkyl halides is 3. The molecule has 0 aliphatic rings. The summed E-state index contributed by atoms with van der Waals surface area (Å²) in [5.41, 5.74) is 5.83. The number of ether oxygens (including phenoxy) is 1. The first-order chi connectivity index (χ1) is 8.87. The van der Waals surface area contributed by atoms with E-state index in [9.17, 15) is 18.0 Å². The molecular formula is C12H9F3N2O2. The summed E-state index contributed by atoms with van der Waals surface area (Å²) in [6.07, 6.45) is -1.97. The van der Waals surface area contributed by atoms with Crippen molar-refractivity contribution < 1.29 is 17.9 Å². The number of aromatic amines is 1. The molecule has 0 unspecified atom stereocenters. The number of nitrogen functional groups attached to an aromatic ring is 1. The molecule has 100 valence electrons. The van der Waals surface area contributed by atoms with E-state index >= 15 is 0 Å². The highest BCUT2D eigenvalue weighted by Gasteiger charge is 2.30. The van der Waals surface area contributed by atoms with Crippen LogP contribution in [0.1, 0.15) is 0 Å². The number of anilines is 1. The number of pyridine rings is 1. The highest BCUT2D eigenvalue weighted by atomic mass is 19.4. The van der Waals surface area contributed by atoms with E-state index in [1.165, 1.54) is 24.5 Å². The summed E-state index contributed by atoms with van der Waals surface area (Å²) in [4.78, 5) is 14.4. The number of nitrogens with one attached hydrogen (secondary N) is 1. The quantitative estimate of drug-likeness (QED) is 0.881. The molecule has 0 fully saturated rings. The molecule has 0 bridgehead atoms. The Hall–Kier alpha value is -2.44. The predicted octanol–water partition coefficient (Wildman–Crippen LogP) is 2.52. The predicted molar refractivity (Wildman–Crippen MR) is 63.6 cm³/mol. The Labute approximate surface area is 105 Å². The van der Waals surface area contributed by atoms with Gasteiger partial charge < -0.3 is 15.5 Å². The molecule has 0 saturated carbocycles. The van der Waals surface area contributed by atoms with Crippen molar-refractivity contribution in [1.29, 1.82) is 0 Å². The van der Waals surface area contributed by atoms with E-state index in [0.29, 0.717) is 5.56 Å². The topological polar surface area (TPSA) is 68.1 Å². The fraction of sp³-hybridized carbons (Fsp3) is 0.0833. The molecule has 0 spiro atoms. The molecule has 19 heavy (non-hydrogen) atoms. The second-order valence-corrected chi connectivity index (χ2v) is 3.73. The molecule has 1 aromatic heterocycles. The number of halogens is 3. The third kappa shape index (κ3) is 3.06. The summed E-state index contributed by atoms with van der Waals surface area (Å²) in [7, 11) is 0. The molecule has 0 aliphatic carbocycles. The number of H-pyrrole nitrogens is 1. The van der Waals surface area contributed by atoms with Gasteiger partial charge in [0, 0.05) is 18.0 Å². The smallest absolute Gasteiger partial charge is 0.406 e. The van der Waals surface area contributed by atoms with E-state index < -0.39 is 6.36 Å². The van der Waals surface area contributed by atoms with Gasteiger partial charge in [0.2, 0.25) is 5.43 Å². The van der Waals surface area contributed by atoms with Crippen LogP contribution in [0.2, 0.25) is 0 Å². The Morgan fingerprint density at radius 3 is 2.32 bits per heavy atom. The third-order valence-corrected chi connectivity index (χ3v) is 2.37. The van der Waals surface area contributed by atoms with Gasteiger partial charge in [0.05, 0.1) is 5.69 Å². The van der Waals surface area contributed by atoms with E-state index in [0.717, 1.165) is 12.1 Å². The first kappa shape index (κ1) is 13.0. The lowest BCUT2D eigenvalue weighted by Crippen LogP contribution is -2.17. The lowest BCUT2D eigenvalue weighted by molar-refractivity contribution is -0.274. The van der Waals surface area contributed by atoms with Crippen molar-refractivity contribution in [3.8, 4) is 16.9 Å². The summed E-state index contributed by atoms with van der Waals surface area (Å²) < 4.78 is 39.7.